The standard InChI is InChI=1S/C9H13N5OS/c1-15-3-2-10-6-8-13-14-9(16-8)7-4-11-12-5-7/h4-5,10H,2-3,6H2,1H3,(H,11,12). The maximum absolute atomic E-state index is 4.94. The van der Waals surface area contributed by atoms with Gasteiger partial charge in [-0.05, 0) is 0 Å². The molecule has 0 fully saturated rings. The molecule has 6 nitrogen and oxygen atoms in total. The fourth-order valence-electron chi connectivity index (χ4n) is 1.18. The van der Waals surface area contributed by atoms with Gasteiger partial charge in [0.15, 0.2) is 5.01 Å². The van der Waals surface area contributed by atoms with Crippen molar-refractivity contribution in [3.05, 3.63) is 17.4 Å². The molecule has 0 aliphatic rings. The Bertz CT molecular complexity index is 413. The van der Waals surface area contributed by atoms with Crippen molar-refractivity contribution in [2.45, 2.75) is 6.54 Å². The second-order valence-corrected chi connectivity index (χ2v) is 4.22. The van der Waals surface area contributed by atoms with Crippen LogP contribution in [0.25, 0.3) is 10.6 Å². The SMILES string of the molecule is COCCNCc1nnc(-c2cn[nH]c2)s1. The van der Waals surface area contributed by atoms with Crippen LogP contribution in [-0.4, -0.2) is 40.7 Å². The first kappa shape index (κ1) is 11.2. The van der Waals surface area contributed by atoms with E-state index in [2.05, 4.69) is 25.7 Å². The molecular weight excluding hydrogens is 226 g/mol. The highest BCUT2D eigenvalue weighted by Gasteiger charge is 2.06. The van der Waals surface area contributed by atoms with Gasteiger partial charge in [-0.2, -0.15) is 5.10 Å². The van der Waals surface area contributed by atoms with Crippen molar-refractivity contribution in [2.75, 3.05) is 20.3 Å². The van der Waals surface area contributed by atoms with Crippen molar-refractivity contribution in [3.8, 4) is 10.6 Å². The van der Waals surface area contributed by atoms with Crippen molar-refractivity contribution in [2.24, 2.45) is 0 Å². The largest absolute Gasteiger partial charge is 0.383 e. The lowest BCUT2D eigenvalue weighted by atomic mass is 10.4. The Morgan fingerprint density at radius 1 is 1.50 bits per heavy atom. The highest BCUT2D eigenvalue weighted by atomic mass is 32.1. The van der Waals surface area contributed by atoms with E-state index in [1.165, 1.54) is 0 Å². The van der Waals surface area contributed by atoms with Crippen LogP contribution in [0.5, 0.6) is 0 Å². The number of hydrogen-bond acceptors (Lipinski definition) is 6. The summed E-state index contributed by atoms with van der Waals surface area (Å²) in [5.41, 5.74) is 0.973. The molecule has 2 heterocycles. The van der Waals surface area contributed by atoms with Crippen molar-refractivity contribution < 1.29 is 4.74 Å². The van der Waals surface area contributed by atoms with E-state index in [9.17, 15) is 0 Å². The molecule has 0 unspecified atom stereocenters. The summed E-state index contributed by atoms with van der Waals surface area (Å²) < 4.78 is 4.94. The van der Waals surface area contributed by atoms with Crippen LogP contribution in [0, 0.1) is 0 Å². The predicted molar refractivity (Wildman–Crippen MR) is 61.1 cm³/mol. The van der Waals surface area contributed by atoms with Gasteiger partial charge in [-0.3, -0.25) is 5.10 Å². The second-order valence-electron chi connectivity index (χ2n) is 3.16. The molecule has 2 aromatic rings. The molecule has 2 rings (SSSR count). The van der Waals surface area contributed by atoms with Gasteiger partial charge in [0.05, 0.1) is 18.4 Å². The summed E-state index contributed by atoms with van der Waals surface area (Å²) in [5, 5.41) is 19.9. The first-order valence-electron chi connectivity index (χ1n) is 4.91. The van der Waals surface area contributed by atoms with E-state index >= 15 is 0 Å². The van der Waals surface area contributed by atoms with Crippen LogP contribution in [0.4, 0.5) is 0 Å². The van der Waals surface area contributed by atoms with E-state index < -0.39 is 0 Å². The number of nitrogens with zero attached hydrogens (tertiary/aromatic N) is 3. The molecule has 0 spiro atoms. The number of ether oxygens (including phenoxy) is 1. The number of H-pyrrole nitrogens is 1. The van der Waals surface area contributed by atoms with Crippen LogP contribution in [-0.2, 0) is 11.3 Å². The molecule has 0 saturated carbocycles. The molecule has 0 aromatic carbocycles. The quantitative estimate of drug-likeness (QED) is 0.724. The minimum absolute atomic E-state index is 0.702. The lowest BCUT2D eigenvalue weighted by molar-refractivity contribution is 0.199. The molecule has 0 bridgehead atoms. The van der Waals surface area contributed by atoms with Gasteiger partial charge in [-0.25, -0.2) is 0 Å². The molecule has 0 saturated heterocycles. The summed E-state index contributed by atoms with van der Waals surface area (Å²) in [7, 11) is 1.68. The van der Waals surface area contributed by atoms with E-state index in [1.807, 2.05) is 6.20 Å². The summed E-state index contributed by atoms with van der Waals surface area (Å²) >= 11 is 1.56. The molecule has 7 heteroatoms. The number of nitrogens with one attached hydrogen (secondary N) is 2. The van der Waals surface area contributed by atoms with E-state index in [1.54, 1.807) is 24.6 Å². The Kier molecular flexibility index (Phi) is 3.97. The molecule has 86 valence electrons. The molecule has 0 aliphatic carbocycles. The highest BCUT2D eigenvalue weighted by molar-refractivity contribution is 7.14. The normalized spacial score (nSPS) is 10.8. The van der Waals surface area contributed by atoms with Crippen LogP contribution in [0.15, 0.2) is 12.4 Å². The summed E-state index contributed by atoms with van der Waals surface area (Å²) in [6.45, 7) is 2.24. The Balaban J connectivity index is 1.88. The first-order chi connectivity index (χ1) is 7.90. The zero-order valence-corrected chi connectivity index (χ0v) is 9.75. The lowest BCUT2D eigenvalue weighted by Gasteiger charge is -1.99. The first-order valence-corrected chi connectivity index (χ1v) is 5.73. The molecular formula is C9H13N5OS. The third-order valence-electron chi connectivity index (χ3n) is 1.97. The van der Waals surface area contributed by atoms with Crippen molar-refractivity contribution in [1.82, 2.24) is 25.7 Å². The summed E-state index contributed by atoms with van der Waals surface area (Å²) in [6.07, 6.45) is 3.55. The fraction of sp³-hybridized carbons (Fsp3) is 0.444. The number of methoxy groups -OCH3 is 1. The Morgan fingerprint density at radius 3 is 3.19 bits per heavy atom. The van der Waals surface area contributed by atoms with E-state index in [0.717, 1.165) is 28.7 Å². The Hall–Kier alpha value is -1.31. The molecule has 0 radical (unpaired) electrons. The fourth-order valence-corrected chi connectivity index (χ4v) is 1.97. The van der Waals surface area contributed by atoms with Crippen LogP contribution in [0.1, 0.15) is 5.01 Å². The molecule has 0 aliphatic heterocycles. The van der Waals surface area contributed by atoms with Crippen molar-refractivity contribution >= 4 is 11.3 Å². The van der Waals surface area contributed by atoms with Gasteiger partial charge in [0.25, 0.3) is 0 Å². The molecule has 16 heavy (non-hydrogen) atoms. The second kappa shape index (κ2) is 5.69. The highest BCUT2D eigenvalue weighted by Crippen LogP contribution is 2.21. The maximum atomic E-state index is 4.94. The van der Waals surface area contributed by atoms with Gasteiger partial charge in [0.1, 0.15) is 5.01 Å². The zero-order valence-electron chi connectivity index (χ0n) is 8.93. The number of aromatic nitrogens is 4. The Labute approximate surface area is 97.1 Å². The average molecular weight is 239 g/mol. The van der Waals surface area contributed by atoms with Gasteiger partial charge in [-0.15, -0.1) is 10.2 Å². The average Bonchev–Trinajstić information content (AvgIpc) is 2.94. The van der Waals surface area contributed by atoms with Crippen LogP contribution < -0.4 is 5.32 Å². The van der Waals surface area contributed by atoms with Crippen molar-refractivity contribution in [1.29, 1.82) is 0 Å². The number of hydrogen-bond donors (Lipinski definition) is 2. The third-order valence-corrected chi connectivity index (χ3v) is 2.94. The van der Waals surface area contributed by atoms with E-state index in [4.69, 9.17) is 4.74 Å². The monoisotopic (exact) mass is 239 g/mol. The minimum Gasteiger partial charge on any atom is -0.383 e. The van der Waals surface area contributed by atoms with Gasteiger partial charge in [-0.1, -0.05) is 11.3 Å². The zero-order chi connectivity index (χ0) is 11.2. The smallest absolute Gasteiger partial charge is 0.151 e. The minimum atomic E-state index is 0.702. The van der Waals surface area contributed by atoms with E-state index in [-0.39, 0.29) is 0 Å². The summed E-state index contributed by atoms with van der Waals surface area (Å²) in [5.74, 6) is 0. The Morgan fingerprint density at radius 2 is 2.44 bits per heavy atom. The predicted octanol–water partition coefficient (Wildman–Crippen LogP) is 0.664. The van der Waals surface area contributed by atoms with Gasteiger partial charge < -0.3 is 10.1 Å². The van der Waals surface area contributed by atoms with E-state index in [0.29, 0.717) is 6.61 Å². The number of rotatable bonds is 6. The lowest BCUT2D eigenvalue weighted by Crippen LogP contribution is -2.18. The summed E-state index contributed by atoms with van der Waals surface area (Å²) in [6, 6.07) is 0. The van der Waals surface area contributed by atoms with Crippen LogP contribution in [0.3, 0.4) is 0 Å². The topological polar surface area (TPSA) is 75.7 Å². The molecule has 0 atom stereocenters. The summed E-state index contributed by atoms with van der Waals surface area (Å²) in [4.78, 5) is 0. The molecule has 2 N–H and O–H groups in total. The van der Waals surface area contributed by atoms with Gasteiger partial charge >= 0.3 is 0 Å². The van der Waals surface area contributed by atoms with Crippen LogP contribution in [0.2, 0.25) is 0 Å². The third kappa shape index (κ3) is 2.84. The van der Waals surface area contributed by atoms with Crippen molar-refractivity contribution in [3.63, 3.8) is 0 Å². The number of aromatic amines is 1. The van der Waals surface area contributed by atoms with Gasteiger partial charge in [0.2, 0.25) is 0 Å². The van der Waals surface area contributed by atoms with Gasteiger partial charge in [0, 0.05) is 26.4 Å². The molecule has 2 aromatic heterocycles. The maximum Gasteiger partial charge on any atom is 0.151 e. The molecule has 0 amide bonds. The van der Waals surface area contributed by atoms with Crippen LogP contribution >= 0.6 is 11.3 Å².